The first-order valence-electron chi connectivity index (χ1n) is 12.6. The van der Waals surface area contributed by atoms with Crippen molar-refractivity contribution in [1.29, 1.82) is 0 Å². The van der Waals surface area contributed by atoms with Crippen LogP contribution in [0, 0.1) is 0 Å². The highest BCUT2D eigenvalue weighted by Crippen LogP contribution is 2.30. The Morgan fingerprint density at radius 1 is 0.972 bits per heavy atom. The van der Waals surface area contributed by atoms with E-state index in [1.54, 1.807) is 12.1 Å². The molecule has 2 aromatic carbocycles. The van der Waals surface area contributed by atoms with Crippen molar-refractivity contribution in [2.24, 2.45) is 0 Å². The quantitative estimate of drug-likeness (QED) is 0.465. The second-order valence-corrected chi connectivity index (χ2v) is 10.1. The third-order valence-corrected chi connectivity index (χ3v) is 7.24. The van der Waals surface area contributed by atoms with Gasteiger partial charge in [0.15, 0.2) is 0 Å². The van der Waals surface area contributed by atoms with E-state index in [1.807, 2.05) is 17.0 Å². The van der Waals surface area contributed by atoms with Crippen LogP contribution in [0.15, 0.2) is 48.5 Å². The summed E-state index contributed by atoms with van der Waals surface area (Å²) in [6.07, 6.45) is 1.08. The normalized spacial score (nSPS) is 18.7. The molecule has 2 aliphatic rings. The number of ether oxygens (including phenoxy) is 1. The molecule has 2 aromatic rings. The van der Waals surface area contributed by atoms with E-state index in [0.717, 1.165) is 43.6 Å². The number of hydrogen-bond donors (Lipinski definition) is 1. The van der Waals surface area contributed by atoms with Gasteiger partial charge in [0, 0.05) is 43.8 Å². The third kappa shape index (κ3) is 7.60. The summed E-state index contributed by atoms with van der Waals surface area (Å²) in [4.78, 5) is 16.8. The van der Waals surface area contributed by atoms with Gasteiger partial charge in [-0.1, -0.05) is 55.1 Å². The molecular weight excluding hydrogens is 491 g/mol. The Bertz CT molecular complexity index is 971. The molecule has 0 bridgehead atoms. The van der Waals surface area contributed by atoms with Crippen LogP contribution in [0.4, 0.5) is 18.0 Å². The number of rotatable bonds is 7. The Labute approximate surface area is 215 Å². The molecule has 1 saturated carbocycles. The fourth-order valence-corrected chi connectivity index (χ4v) is 4.93. The van der Waals surface area contributed by atoms with Gasteiger partial charge in [-0.2, -0.15) is 13.2 Å². The minimum atomic E-state index is -4.36. The average Bonchev–Trinajstić information content (AvgIpc) is 2.88. The van der Waals surface area contributed by atoms with E-state index >= 15 is 0 Å². The van der Waals surface area contributed by atoms with Crippen molar-refractivity contribution in [3.05, 3.63) is 70.2 Å². The molecule has 0 spiro atoms. The van der Waals surface area contributed by atoms with Crippen molar-refractivity contribution < 1.29 is 22.7 Å². The second kappa shape index (κ2) is 12.3. The maximum Gasteiger partial charge on any atom is 0.416 e. The van der Waals surface area contributed by atoms with Crippen molar-refractivity contribution in [2.45, 2.75) is 57.0 Å². The molecule has 1 heterocycles. The Morgan fingerprint density at radius 2 is 1.61 bits per heavy atom. The molecule has 2 amide bonds. The zero-order valence-corrected chi connectivity index (χ0v) is 21.0. The molecule has 1 aliphatic heterocycles. The fourth-order valence-electron chi connectivity index (χ4n) is 4.80. The lowest BCUT2D eigenvalue weighted by Crippen LogP contribution is -2.54. The van der Waals surface area contributed by atoms with Crippen LogP contribution in [-0.4, -0.2) is 54.6 Å². The Morgan fingerprint density at radius 3 is 2.22 bits per heavy atom. The number of urea groups is 1. The van der Waals surface area contributed by atoms with E-state index in [4.69, 9.17) is 16.3 Å². The summed E-state index contributed by atoms with van der Waals surface area (Å²) in [6, 6.07) is 12.8. The summed E-state index contributed by atoms with van der Waals surface area (Å²) in [7, 11) is 0. The topological polar surface area (TPSA) is 44.8 Å². The number of piperazine rings is 1. The van der Waals surface area contributed by atoms with E-state index < -0.39 is 11.7 Å². The van der Waals surface area contributed by atoms with Crippen LogP contribution < -0.4 is 5.32 Å². The van der Waals surface area contributed by atoms with Crippen molar-refractivity contribution in [3.63, 3.8) is 0 Å². The zero-order chi connectivity index (χ0) is 25.5. The minimum Gasteiger partial charge on any atom is -0.368 e. The average molecular weight is 524 g/mol. The number of nitrogens with one attached hydrogen (secondary N) is 1. The molecule has 0 radical (unpaired) electrons. The molecule has 5 nitrogen and oxygen atoms in total. The minimum absolute atomic E-state index is 0.0226. The zero-order valence-electron chi connectivity index (χ0n) is 20.3. The molecule has 9 heteroatoms. The summed E-state index contributed by atoms with van der Waals surface area (Å²) < 4.78 is 44.8. The van der Waals surface area contributed by atoms with Crippen LogP contribution in [0.2, 0.25) is 5.02 Å². The number of amides is 2. The van der Waals surface area contributed by atoms with Gasteiger partial charge in [-0.25, -0.2) is 4.79 Å². The number of hydrogen-bond acceptors (Lipinski definition) is 3. The van der Waals surface area contributed by atoms with Gasteiger partial charge in [-0.15, -0.1) is 0 Å². The summed E-state index contributed by atoms with van der Waals surface area (Å²) in [5, 5.41) is 3.81. The van der Waals surface area contributed by atoms with E-state index in [-0.39, 0.29) is 24.8 Å². The molecule has 196 valence electrons. The maximum absolute atomic E-state index is 12.9. The molecule has 1 atom stereocenters. The number of benzene rings is 2. The first kappa shape index (κ1) is 26.8. The van der Waals surface area contributed by atoms with Crippen LogP contribution in [0.25, 0.3) is 0 Å². The van der Waals surface area contributed by atoms with Crippen molar-refractivity contribution in [1.82, 2.24) is 15.1 Å². The van der Waals surface area contributed by atoms with E-state index in [0.29, 0.717) is 30.2 Å². The van der Waals surface area contributed by atoms with Gasteiger partial charge < -0.3 is 15.0 Å². The van der Waals surface area contributed by atoms with E-state index in [9.17, 15) is 18.0 Å². The molecule has 0 aromatic heterocycles. The number of nitrogens with zero attached hydrogens (tertiary/aromatic N) is 2. The lowest BCUT2D eigenvalue weighted by Gasteiger charge is -2.37. The summed E-state index contributed by atoms with van der Waals surface area (Å²) >= 11 is 6.06. The smallest absolute Gasteiger partial charge is 0.368 e. The molecule has 1 aliphatic carbocycles. The van der Waals surface area contributed by atoms with Crippen LogP contribution in [-0.2, 0) is 17.5 Å². The summed E-state index contributed by atoms with van der Waals surface area (Å²) in [5.74, 6) is 0. The van der Waals surface area contributed by atoms with E-state index in [1.165, 1.54) is 31.4 Å². The van der Waals surface area contributed by atoms with Gasteiger partial charge in [-0.3, -0.25) is 4.90 Å². The molecule has 1 N–H and O–H groups in total. The van der Waals surface area contributed by atoms with Crippen molar-refractivity contribution >= 4 is 17.6 Å². The first-order valence-corrected chi connectivity index (χ1v) is 13.0. The maximum atomic E-state index is 12.9. The van der Waals surface area contributed by atoms with Gasteiger partial charge in [0.1, 0.15) is 0 Å². The van der Waals surface area contributed by atoms with Gasteiger partial charge >= 0.3 is 12.2 Å². The fraction of sp³-hybridized carbons (Fsp3) is 0.519. The van der Waals surface area contributed by atoms with Crippen LogP contribution in [0.3, 0.4) is 0 Å². The van der Waals surface area contributed by atoms with Gasteiger partial charge in [-0.05, 0) is 48.2 Å². The molecule has 1 saturated heterocycles. The molecule has 4 rings (SSSR count). The Balaban J connectivity index is 1.33. The highest BCUT2D eigenvalue weighted by Gasteiger charge is 2.30. The summed E-state index contributed by atoms with van der Waals surface area (Å²) in [5.41, 5.74) is 0.945. The lowest BCUT2D eigenvalue weighted by molar-refractivity contribution is -0.137. The number of carbonyl (C=O) groups excluding carboxylic acids is 1. The van der Waals surface area contributed by atoms with Gasteiger partial charge in [0.2, 0.25) is 0 Å². The monoisotopic (exact) mass is 523 g/mol. The summed E-state index contributed by atoms with van der Waals surface area (Å²) in [6.45, 7) is 3.54. The van der Waals surface area contributed by atoms with Crippen LogP contribution in [0.5, 0.6) is 0 Å². The predicted octanol–water partition coefficient (Wildman–Crippen LogP) is 6.28. The highest BCUT2D eigenvalue weighted by atomic mass is 35.5. The Hall–Kier alpha value is -2.29. The van der Waals surface area contributed by atoms with Crippen molar-refractivity contribution in [2.75, 3.05) is 32.7 Å². The molecule has 2 fully saturated rings. The van der Waals surface area contributed by atoms with Crippen LogP contribution >= 0.6 is 11.6 Å². The number of carbonyl (C=O) groups is 1. The van der Waals surface area contributed by atoms with Gasteiger partial charge in [0.25, 0.3) is 0 Å². The molecule has 36 heavy (non-hydrogen) atoms. The Kier molecular flexibility index (Phi) is 9.14. The van der Waals surface area contributed by atoms with Crippen LogP contribution in [0.1, 0.15) is 54.9 Å². The highest BCUT2D eigenvalue weighted by molar-refractivity contribution is 6.30. The van der Waals surface area contributed by atoms with E-state index in [2.05, 4.69) is 10.2 Å². The molecule has 1 unspecified atom stereocenters. The number of halogens is 4. The largest absolute Gasteiger partial charge is 0.416 e. The first-order chi connectivity index (χ1) is 17.3. The third-order valence-electron chi connectivity index (χ3n) is 6.99. The van der Waals surface area contributed by atoms with Gasteiger partial charge in [0.05, 0.1) is 18.3 Å². The number of alkyl halides is 3. The van der Waals surface area contributed by atoms with Crippen molar-refractivity contribution in [3.8, 4) is 0 Å². The molecular formula is C27H33ClF3N3O2. The second-order valence-electron chi connectivity index (χ2n) is 9.62. The lowest BCUT2D eigenvalue weighted by atomic mass is 9.96. The standard InChI is InChI=1S/C27H33ClF3N3O2/c28-23-12-8-21(9-13-23)25(36-19-20-6-10-22(11-7-20)27(29,30)31)18-33-14-16-34(17-15-33)26(35)32-24-4-2-1-3-5-24/h6-13,24-25H,1-5,14-19H2,(H,32,35). The predicted molar refractivity (Wildman–Crippen MR) is 134 cm³/mol. The SMILES string of the molecule is O=C(NC1CCCCC1)N1CCN(CC(OCc2ccc(C(F)(F)F)cc2)c2ccc(Cl)cc2)CC1.